The number of hydrogen-bond acceptors (Lipinski definition) is 3. The largest absolute Gasteiger partial charge is 0.486 e. The summed E-state index contributed by atoms with van der Waals surface area (Å²) in [5, 5.41) is 3.16. The monoisotopic (exact) mass is 287 g/mol. The third-order valence-corrected chi connectivity index (χ3v) is 2.85. The molecule has 1 N–H and O–H groups in total. The molecule has 1 aromatic rings. The number of rotatable bonds is 8. The number of nitrogens with one attached hydrogen (secondary N) is 1. The van der Waals surface area contributed by atoms with Crippen LogP contribution < -0.4 is 10.1 Å². The van der Waals surface area contributed by atoms with Gasteiger partial charge in [0, 0.05) is 31.3 Å². The van der Waals surface area contributed by atoms with Gasteiger partial charge in [-0.25, -0.2) is 4.39 Å². The molecule has 0 radical (unpaired) electrons. The summed E-state index contributed by atoms with van der Waals surface area (Å²) >= 11 is 5.55. The summed E-state index contributed by atoms with van der Waals surface area (Å²) in [5.41, 5.74) is 3.04. The predicted octanol–water partition coefficient (Wildman–Crippen LogP) is 3.08. The van der Waals surface area contributed by atoms with Crippen molar-refractivity contribution in [1.29, 1.82) is 0 Å². The molecule has 0 saturated carbocycles. The molecule has 0 amide bonds. The zero-order chi connectivity index (χ0) is 14.1. The van der Waals surface area contributed by atoms with E-state index in [-0.39, 0.29) is 18.2 Å². The Balaban J connectivity index is 2.66. The van der Waals surface area contributed by atoms with Crippen LogP contribution >= 0.6 is 11.6 Å². The van der Waals surface area contributed by atoms with Crippen LogP contribution in [0, 0.1) is 5.82 Å². The Kier molecular flexibility index (Phi) is 7.48. The van der Waals surface area contributed by atoms with Gasteiger partial charge in [0.25, 0.3) is 0 Å². The molecule has 0 aliphatic heterocycles. The molecule has 0 heterocycles. The summed E-state index contributed by atoms with van der Waals surface area (Å²) in [6.07, 6.45) is 0. The van der Waals surface area contributed by atoms with Crippen LogP contribution in [0.3, 0.4) is 0 Å². The quantitative estimate of drug-likeness (QED) is 0.746. The van der Waals surface area contributed by atoms with Crippen molar-refractivity contribution in [3.05, 3.63) is 40.7 Å². The predicted molar refractivity (Wildman–Crippen MR) is 75.1 cm³/mol. The van der Waals surface area contributed by atoms with E-state index in [4.69, 9.17) is 21.1 Å². The highest BCUT2D eigenvalue weighted by Crippen LogP contribution is 2.23. The number of hydrogen-bond donors (Lipinski definition) is 1. The maximum Gasteiger partial charge on any atom is 0.165 e. The van der Waals surface area contributed by atoms with Crippen molar-refractivity contribution in [1.82, 2.24) is 5.32 Å². The summed E-state index contributed by atoms with van der Waals surface area (Å²) in [4.78, 5) is 0. The first kappa shape index (κ1) is 16.0. The molecule has 0 atom stereocenters. The number of methoxy groups -OCH3 is 1. The average molecular weight is 288 g/mol. The van der Waals surface area contributed by atoms with Crippen LogP contribution in [0.1, 0.15) is 12.5 Å². The third kappa shape index (κ3) is 5.59. The zero-order valence-corrected chi connectivity index (χ0v) is 12.0. The average Bonchev–Trinajstić information content (AvgIpc) is 2.42. The second-order valence-electron chi connectivity index (χ2n) is 4.14. The molecule has 0 saturated heterocycles. The van der Waals surface area contributed by atoms with Gasteiger partial charge in [0.15, 0.2) is 11.6 Å². The molecule has 19 heavy (non-hydrogen) atoms. The van der Waals surface area contributed by atoms with E-state index in [1.807, 2.05) is 13.0 Å². The molecule has 0 fully saturated rings. The van der Waals surface area contributed by atoms with Gasteiger partial charge >= 0.3 is 0 Å². The van der Waals surface area contributed by atoms with Crippen LogP contribution in [0.15, 0.2) is 29.3 Å². The fourth-order valence-electron chi connectivity index (χ4n) is 1.47. The van der Waals surface area contributed by atoms with Gasteiger partial charge in [-0.3, -0.25) is 0 Å². The standard InChI is InChI=1S/C14H19ClFNO2/c1-11(8-15)10-19-14-12(4-3-5-13(14)16)9-17-6-7-18-2/h3-5,8,17H,6-7,9-10H2,1-2H3/b11-8+. The number of para-hydroxylation sites is 1. The Hall–Kier alpha value is -1.10. The van der Waals surface area contributed by atoms with Crippen LogP contribution in [0.2, 0.25) is 0 Å². The van der Waals surface area contributed by atoms with Gasteiger partial charge in [-0.05, 0) is 18.6 Å². The highest BCUT2D eigenvalue weighted by atomic mass is 35.5. The van der Waals surface area contributed by atoms with Crippen LogP contribution in [0.25, 0.3) is 0 Å². The lowest BCUT2D eigenvalue weighted by Gasteiger charge is -2.13. The SMILES string of the molecule is COCCNCc1cccc(F)c1OC/C(C)=C/Cl. The Morgan fingerprint density at radius 2 is 2.26 bits per heavy atom. The first-order chi connectivity index (χ1) is 9.19. The van der Waals surface area contributed by atoms with Crippen LogP contribution in [-0.4, -0.2) is 26.9 Å². The summed E-state index contributed by atoms with van der Waals surface area (Å²) in [5.74, 6) is -0.0984. The van der Waals surface area contributed by atoms with Crippen molar-refractivity contribution in [2.24, 2.45) is 0 Å². The lowest BCUT2D eigenvalue weighted by Crippen LogP contribution is -2.19. The number of benzene rings is 1. The first-order valence-corrected chi connectivity index (χ1v) is 6.48. The highest BCUT2D eigenvalue weighted by molar-refractivity contribution is 6.25. The zero-order valence-electron chi connectivity index (χ0n) is 11.2. The van der Waals surface area contributed by atoms with Gasteiger partial charge < -0.3 is 14.8 Å². The van der Waals surface area contributed by atoms with Gasteiger partial charge in [-0.1, -0.05) is 23.7 Å². The van der Waals surface area contributed by atoms with E-state index >= 15 is 0 Å². The maximum atomic E-state index is 13.7. The van der Waals surface area contributed by atoms with E-state index in [1.54, 1.807) is 13.2 Å². The van der Waals surface area contributed by atoms with Gasteiger partial charge in [0.2, 0.25) is 0 Å². The lowest BCUT2D eigenvalue weighted by atomic mass is 10.2. The molecule has 0 bridgehead atoms. The second-order valence-corrected chi connectivity index (χ2v) is 4.36. The molecule has 0 unspecified atom stereocenters. The molecule has 3 nitrogen and oxygen atoms in total. The molecule has 0 aliphatic rings. The number of halogens is 2. The first-order valence-electron chi connectivity index (χ1n) is 6.04. The maximum absolute atomic E-state index is 13.7. The third-order valence-electron chi connectivity index (χ3n) is 2.48. The summed E-state index contributed by atoms with van der Waals surface area (Å²) < 4.78 is 24.2. The van der Waals surface area contributed by atoms with Gasteiger partial charge in [0.1, 0.15) is 6.61 Å². The van der Waals surface area contributed by atoms with Gasteiger partial charge in [-0.15, -0.1) is 0 Å². The van der Waals surface area contributed by atoms with Crippen molar-refractivity contribution < 1.29 is 13.9 Å². The van der Waals surface area contributed by atoms with Gasteiger partial charge in [-0.2, -0.15) is 0 Å². The summed E-state index contributed by atoms with van der Waals surface area (Å²) in [6, 6.07) is 4.88. The molecule has 106 valence electrons. The van der Waals surface area contributed by atoms with E-state index < -0.39 is 0 Å². The van der Waals surface area contributed by atoms with Crippen molar-refractivity contribution in [3.8, 4) is 5.75 Å². The molecule has 0 aromatic heterocycles. The smallest absolute Gasteiger partial charge is 0.165 e. The fraction of sp³-hybridized carbons (Fsp3) is 0.429. The summed E-state index contributed by atoms with van der Waals surface area (Å²) in [6.45, 7) is 3.94. The van der Waals surface area contributed by atoms with Crippen molar-refractivity contribution in [2.75, 3.05) is 26.9 Å². The second kappa shape index (κ2) is 8.91. The lowest BCUT2D eigenvalue weighted by molar-refractivity contribution is 0.199. The Morgan fingerprint density at radius 1 is 1.47 bits per heavy atom. The molecule has 0 spiro atoms. The van der Waals surface area contributed by atoms with Crippen LogP contribution in [-0.2, 0) is 11.3 Å². The molecular formula is C14H19ClFNO2. The van der Waals surface area contributed by atoms with Crippen molar-refractivity contribution in [3.63, 3.8) is 0 Å². The fourth-order valence-corrected chi connectivity index (χ4v) is 1.53. The minimum Gasteiger partial charge on any atom is -0.486 e. The molecule has 5 heteroatoms. The topological polar surface area (TPSA) is 30.5 Å². The van der Waals surface area contributed by atoms with E-state index in [0.29, 0.717) is 19.7 Å². The van der Waals surface area contributed by atoms with Crippen LogP contribution in [0.4, 0.5) is 4.39 Å². The summed E-state index contributed by atoms with van der Waals surface area (Å²) in [7, 11) is 1.64. The van der Waals surface area contributed by atoms with Crippen LogP contribution in [0.5, 0.6) is 5.75 Å². The minimum absolute atomic E-state index is 0.269. The minimum atomic E-state index is -0.367. The normalized spacial score (nSPS) is 11.7. The highest BCUT2D eigenvalue weighted by Gasteiger charge is 2.09. The molecule has 1 aromatic carbocycles. The van der Waals surface area contributed by atoms with E-state index in [0.717, 1.165) is 11.1 Å². The van der Waals surface area contributed by atoms with Gasteiger partial charge in [0.05, 0.1) is 6.61 Å². The van der Waals surface area contributed by atoms with E-state index in [2.05, 4.69) is 5.32 Å². The van der Waals surface area contributed by atoms with Crippen molar-refractivity contribution >= 4 is 11.6 Å². The Bertz CT molecular complexity index is 424. The van der Waals surface area contributed by atoms with E-state index in [1.165, 1.54) is 11.6 Å². The Labute approximate surface area is 118 Å². The molecule has 0 aliphatic carbocycles. The van der Waals surface area contributed by atoms with E-state index in [9.17, 15) is 4.39 Å². The van der Waals surface area contributed by atoms with Crippen molar-refractivity contribution in [2.45, 2.75) is 13.5 Å². The number of ether oxygens (including phenoxy) is 2. The molecular weight excluding hydrogens is 269 g/mol. The molecule has 1 rings (SSSR count). The Morgan fingerprint density at radius 3 is 2.95 bits per heavy atom.